The molecule has 0 unspecified atom stereocenters. The number of halogens is 1. The molecule has 174 valence electrons. The number of piperidine rings is 1. The summed E-state index contributed by atoms with van der Waals surface area (Å²) in [5.74, 6) is 1.37. The van der Waals surface area contributed by atoms with Gasteiger partial charge in [-0.2, -0.15) is 0 Å². The van der Waals surface area contributed by atoms with Gasteiger partial charge in [-0.15, -0.1) is 0 Å². The van der Waals surface area contributed by atoms with Crippen molar-refractivity contribution in [2.45, 2.75) is 12.8 Å². The highest BCUT2D eigenvalue weighted by Gasteiger charge is 2.27. The van der Waals surface area contributed by atoms with E-state index in [9.17, 15) is 14.0 Å². The van der Waals surface area contributed by atoms with E-state index in [0.717, 1.165) is 0 Å². The van der Waals surface area contributed by atoms with E-state index < -0.39 is 0 Å². The summed E-state index contributed by atoms with van der Waals surface area (Å²) in [6.07, 6.45) is 4.17. The van der Waals surface area contributed by atoms with Crippen molar-refractivity contribution in [2.75, 3.05) is 25.2 Å². The van der Waals surface area contributed by atoms with E-state index in [4.69, 9.17) is 13.9 Å². The third-order valence-corrected chi connectivity index (χ3v) is 5.97. The molecule has 0 aliphatic carbocycles. The van der Waals surface area contributed by atoms with Gasteiger partial charge in [0.25, 0.3) is 0 Å². The molecule has 0 bridgehead atoms. The molecule has 1 saturated heterocycles. The summed E-state index contributed by atoms with van der Waals surface area (Å²) < 4.78 is 30.2. The van der Waals surface area contributed by atoms with E-state index in [1.54, 1.807) is 59.5 Å². The number of hydrogen-bond donors (Lipinski definition) is 1. The Balaban J connectivity index is 1.13. The van der Waals surface area contributed by atoms with Gasteiger partial charge < -0.3 is 24.1 Å². The van der Waals surface area contributed by atoms with Gasteiger partial charge in [-0.3, -0.25) is 9.59 Å². The molecule has 2 aliphatic rings. The molecule has 8 heteroatoms. The molecular weight excluding hydrogens is 439 g/mol. The van der Waals surface area contributed by atoms with E-state index in [-0.39, 0.29) is 30.3 Å². The van der Waals surface area contributed by atoms with Gasteiger partial charge >= 0.3 is 0 Å². The molecule has 1 fully saturated rings. The largest absolute Gasteiger partial charge is 0.457 e. The molecule has 0 radical (unpaired) electrons. The van der Waals surface area contributed by atoms with Gasteiger partial charge in [-0.1, -0.05) is 12.1 Å². The van der Waals surface area contributed by atoms with Gasteiger partial charge in [-0.05, 0) is 55.3 Å². The Morgan fingerprint density at radius 1 is 1.00 bits per heavy atom. The number of carbonyl (C=O) groups is 2. The number of anilines is 1. The molecule has 5 rings (SSSR count). The summed E-state index contributed by atoms with van der Waals surface area (Å²) in [4.78, 5) is 27.0. The van der Waals surface area contributed by atoms with Gasteiger partial charge in [0.2, 0.25) is 18.6 Å². The van der Waals surface area contributed by atoms with E-state index in [0.29, 0.717) is 60.2 Å². The lowest BCUT2D eigenvalue weighted by Crippen LogP contribution is -2.40. The average molecular weight is 462 g/mol. The molecule has 2 aliphatic heterocycles. The topological polar surface area (TPSA) is 81.0 Å². The fourth-order valence-electron chi connectivity index (χ4n) is 4.09. The fourth-order valence-corrected chi connectivity index (χ4v) is 4.09. The Morgan fingerprint density at radius 2 is 1.79 bits per heavy atom. The van der Waals surface area contributed by atoms with Crippen molar-refractivity contribution in [3.63, 3.8) is 0 Å². The number of amides is 2. The van der Waals surface area contributed by atoms with Gasteiger partial charge in [0.05, 0.1) is 5.56 Å². The van der Waals surface area contributed by atoms with E-state index in [2.05, 4.69) is 5.32 Å². The Labute approximate surface area is 195 Å². The molecule has 34 heavy (non-hydrogen) atoms. The minimum atomic E-state index is -0.367. The van der Waals surface area contributed by atoms with E-state index in [1.165, 1.54) is 12.1 Å². The number of benzene rings is 2. The zero-order valence-corrected chi connectivity index (χ0v) is 18.3. The van der Waals surface area contributed by atoms with Gasteiger partial charge in [0.1, 0.15) is 17.3 Å². The molecule has 0 saturated carbocycles. The first-order valence-corrected chi connectivity index (χ1v) is 11.1. The van der Waals surface area contributed by atoms with Crippen LogP contribution in [-0.2, 0) is 9.59 Å². The van der Waals surface area contributed by atoms with Crippen LogP contribution in [0.15, 0.2) is 65.1 Å². The standard InChI is InChI=1S/C26H23FN2O5/c27-21-4-2-1-3-20(21)22-9-6-19(34-22)7-10-25(30)29-13-11-17(12-14-29)26(31)28-18-5-8-23-24(15-18)33-16-32-23/h1-10,15,17H,11-14,16H2,(H,28,31). The second kappa shape index (κ2) is 9.43. The van der Waals surface area contributed by atoms with Crippen LogP contribution in [-0.4, -0.2) is 36.6 Å². The SMILES string of the molecule is O=C(Nc1ccc2c(c1)OCO2)C1CCN(C(=O)C=Cc2ccc(-c3ccccc3F)o2)CC1. The number of likely N-dealkylation sites (tertiary alicyclic amines) is 1. The van der Waals surface area contributed by atoms with Crippen LogP contribution in [0.25, 0.3) is 17.4 Å². The molecule has 0 spiro atoms. The summed E-state index contributed by atoms with van der Waals surface area (Å²) in [7, 11) is 0. The lowest BCUT2D eigenvalue weighted by molar-refractivity contribution is -0.130. The van der Waals surface area contributed by atoms with Gasteiger partial charge in [0, 0.05) is 36.8 Å². The molecule has 7 nitrogen and oxygen atoms in total. The predicted molar refractivity (Wildman–Crippen MR) is 124 cm³/mol. The van der Waals surface area contributed by atoms with Crippen LogP contribution in [0.4, 0.5) is 10.1 Å². The fraction of sp³-hybridized carbons (Fsp3) is 0.231. The second-order valence-corrected chi connectivity index (χ2v) is 8.17. The number of nitrogens with zero attached hydrogens (tertiary/aromatic N) is 1. The van der Waals surface area contributed by atoms with Gasteiger partial charge in [0.15, 0.2) is 11.5 Å². The maximum absolute atomic E-state index is 13.9. The number of carbonyl (C=O) groups excluding carboxylic acids is 2. The Morgan fingerprint density at radius 3 is 2.62 bits per heavy atom. The molecule has 1 aromatic heterocycles. The van der Waals surface area contributed by atoms with Gasteiger partial charge in [-0.25, -0.2) is 4.39 Å². The Kier molecular flexibility index (Phi) is 6.03. The minimum Gasteiger partial charge on any atom is -0.457 e. The van der Waals surface area contributed by atoms with Crippen molar-refractivity contribution >= 4 is 23.6 Å². The lowest BCUT2D eigenvalue weighted by atomic mass is 9.95. The van der Waals surface area contributed by atoms with Crippen molar-refractivity contribution in [3.05, 3.63) is 72.3 Å². The highest BCUT2D eigenvalue weighted by Crippen LogP contribution is 2.34. The molecule has 2 amide bonds. The van der Waals surface area contributed by atoms with Crippen molar-refractivity contribution in [3.8, 4) is 22.8 Å². The van der Waals surface area contributed by atoms with Crippen LogP contribution >= 0.6 is 0 Å². The quantitative estimate of drug-likeness (QED) is 0.556. The van der Waals surface area contributed by atoms with Crippen molar-refractivity contribution in [1.82, 2.24) is 4.90 Å². The number of hydrogen-bond acceptors (Lipinski definition) is 5. The molecule has 0 atom stereocenters. The van der Waals surface area contributed by atoms with Crippen molar-refractivity contribution < 1.29 is 27.9 Å². The summed E-state index contributed by atoms with van der Waals surface area (Å²) in [6, 6.07) is 15.0. The highest BCUT2D eigenvalue weighted by molar-refractivity contribution is 5.94. The van der Waals surface area contributed by atoms with Crippen LogP contribution < -0.4 is 14.8 Å². The number of fused-ring (bicyclic) bond motifs is 1. The summed E-state index contributed by atoms with van der Waals surface area (Å²) >= 11 is 0. The third kappa shape index (κ3) is 4.66. The lowest BCUT2D eigenvalue weighted by Gasteiger charge is -2.30. The average Bonchev–Trinajstić information content (AvgIpc) is 3.52. The van der Waals surface area contributed by atoms with Crippen LogP contribution in [0, 0.1) is 11.7 Å². The zero-order chi connectivity index (χ0) is 23.5. The first-order valence-electron chi connectivity index (χ1n) is 11.1. The Bertz CT molecular complexity index is 1240. The summed E-state index contributed by atoms with van der Waals surface area (Å²) in [5, 5.41) is 2.92. The summed E-state index contributed by atoms with van der Waals surface area (Å²) in [5.41, 5.74) is 1.03. The monoisotopic (exact) mass is 462 g/mol. The maximum atomic E-state index is 13.9. The number of rotatable bonds is 5. The minimum absolute atomic E-state index is 0.0715. The molecule has 1 N–H and O–H groups in total. The molecule has 3 aromatic rings. The van der Waals surface area contributed by atoms with Crippen LogP contribution in [0.3, 0.4) is 0 Å². The Hall–Kier alpha value is -4.07. The predicted octanol–water partition coefficient (Wildman–Crippen LogP) is 4.70. The second-order valence-electron chi connectivity index (χ2n) is 8.17. The van der Waals surface area contributed by atoms with Crippen molar-refractivity contribution in [2.24, 2.45) is 5.92 Å². The van der Waals surface area contributed by atoms with Crippen LogP contribution in [0.5, 0.6) is 11.5 Å². The van der Waals surface area contributed by atoms with E-state index in [1.807, 2.05) is 0 Å². The smallest absolute Gasteiger partial charge is 0.246 e. The molecular formula is C26H23FN2O5. The normalized spacial score (nSPS) is 15.6. The zero-order valence-electron chi connectivity index (χ0n) is 18.3. The molecule has 3 heterocycles. The highest BCUT2D eigenvalue weighted by atomic mass is 19.1. The third-order valence-electron chi connectivity index (χ3n) is 5.97. The van der Waals surface area contributed by atoms with E-state index >= 15 is 0 Å². The van der Waals surface area contributed by atoms with Crippen molar-refractivity contribution in [1.29, 1.82) is 0 Å². The molecule has 2 aromatic carbocycles. The first kappa shape index (κ1) is 21.8. The maximum Gasteiger partial charge on any atom is 0.246 e. The van der Waals surface area contributed by atoms with Crippen LogP contribution in [0.2, 0.25) is 0 Å². The number of furan rings is 1. The number of nitrogens with one attached hydrogen (secondary N) is 1. The first-order chi connectivity index (χ1) is 16.6. The van der Waals surface area contributed by atoms with Crippen LogP contribution in [0.1, 0.15) is 18.6 Å². The summed E-state index contributed by atoms with van der Waals surface area (Å²) in [6.45, 7) is 1.16. The number of ether oxygens (including phenoxy) is 2.